The highest BCUT2D eigenvalue weighted by molar-refractivity contribution is 5.09. The van der Waals surface area contributed by atoms with Crippen LogP contribution in [0, 0.1) is 6.92 Å². The van der Waals surface area contributed by atoms with Gasteiger partial charge >= 0.3 is 0 Å². The highest BCUT2D eigenvalue weighted by Crippen LogP contribution is 2.41. The molecule has 1 saturated carbocycles. The average molecular weight is 293 g/mol. The van der Waals surface area contributed by atoms with Crippen LogP contribution in [0.1, 0.15) is 48.6 Å². The van der Waals surface area contributed by atoms with Gasteiger partial charge in [0.2, 0.25) is 11.6 Å². The summed E-state index contributed by atoms with van der Waals surface area (Å²) in [4.78, 5) is 10.3. The van der Waals surface area contributed by atoms with E-state index in [0.29, 0.717) is 43.0 Å². The van der Waals surface area contributed by atoms with Gasteiger partial charge in [-0.2, -0.15) is 9.97 Å². The van der Waals surface area contributed by atoms with E-state index >= 15 is 0 Å². The second kappa shape index (κ2) is 4.59. The molecule has 0 bridgehead atoms. The molecule has 1 saturated heterocycles. The Morgan fingerprint density at radius 2 is 2.14 bits per heavy atom. The second-order valence-electron chi connectivity index (χ2n) is 5.89. The molecule has 1 unspecified atom stereocenters. The predicted octanol–water partition coefficient (Wildman–Crippen LogP) is 1.71. The molecule has 7 nitrogen and oxygen atoms in total. The van der Waals surface area contributed by atoms with Crippen LogP contribution in [0.5, 0.6) is 0 Å². The lowest BCUT2D eigenvalue weighted by Gasteiger charge is -2.15. The Hall–Kier alpha value is -1.83. The Morgan fingerprint density at radius 3 is 2.86 bits per heavy atom. The largest absolute Gasteiger partial charge is 0.340 e. The van der Waals surface area contributed by atoms with E-state index in [2.05, 4.69) is 20.3 Å². The van der Waals surface area contributed by atoms with Crippen molar-refractivity contribution >= 4 is 0 Å². The molecule has 0 aromatic carbocycles. The summed E-state index contributed by atoms with van der Waals surface area (Å²) in [6, 6.07) is 0. The number of aryl methyl sites for hydroxylation is 1. The first-order valence-electron chi connectivity index (χ1n) is 7.17. The lowest BCUT2D eigenvalue weighted by atomic mass is 10.1. The molecular formula is C13H16FN5O2. The van der Waals surface area contributed by atoms with Gasteiger partial charge in [0.05, 0.1) is 6.54 Å². The molecule has 1 aliphatic carbocycles. The van der Waals surface area contributed by atoms with Crippen molar-refractivity contribution in [1.29, 1.82) is 0 Å². The third-order valence-corrected chi connectivity index (χ3v) is 4.00. The highest BCUT2D eigenvalue weighted by atomic mass is 19.1. The molecule has 8 heteroatoms. The molecule has 2 aromatic rings. The smallest absolute Gasteiger partial charge is 0.265 e. The number of likely N-dealkylation sites (tertiary alicyclic amines) is 1. The molecule has 0 spiro atoms. The van der Waals surface area contributed by atoms with E-state index in [-0.39, 0.29) is 12.4 Å². The number of aromatic nitrogens is 4. The van der Waals surface area contributed by atoms with Crippen molar-refractivity contribution in [2.24, 2.45) is 0 Å². The minimum atomic E-state index is -1.57. The summed E-state index contributed by atoms with van der Waals surface area (Å²) in [5.74, 6) is 2.21. The van der Waals surface area contributed by atoms with E-state index in [1.165, 1.54) is 0 Å². The summed E-state index contributed by atoms with van der Waals surface area (Å²) in [6.45, 7) is 3.02. The standard InChI is InChI=1S/C13H16FN5O2/c1-8-15-10(17-20-8)6-19-5-4-13(14,7-19)12-16-11(18-21-12)9-2-3-9/h9H,2-7H2,1H3. The minimum Gasteiger partial charge on any atom is -0.340 e. The van der Waals surface area contributed by atoms with E-state index in [1.807, 2.05) is 4.90 Å². The number of hydrogen-bond donors (Lipinski definition) is 0. The fourth-order valence-corrected chi connectivity index (χ4v) is 2.69. The first-order chi connectivity index (χ1) is 10.1. The molecule has 1 aliphatic heterocycles. The lowest BCUT2D eigenvalue weighted by Crippen LogP contribution is -2.27. The van der Waals surface area contributed by atoms with Gasteiger partial charge in [0.15, 0.2) is 11.6 Å². The summed E-state index contributed by atoms with van der Waals surface area (Å²) < 4.78 is 25.1. The summed E-state index contributed by atoms with van der Waals surface area (Å²) in [5.41, 5.74) is -1.57. The van der Waals surface area contributed by atoms with Crippen LogP contribution in [0.4, 0.5) is 4.39 Å². The zero-order chi connectivity index (χ0) is 14.4. The fraction of sp³-hybridized carbons (Fsp3) is 0.692. The van der Waals surface area contributed by atoms with Crippen molar-refractivity contribution in [3.63, 3.8) is 0 Å². The third-order valence-electron chi connectivity index (χ3n) is 4.00. The molecule has 0 amide bonds. The normalized spacial score (nSPS) is 26.6. The fourth-order valence-electron chi connectivity index (χ4n) is 2.69. The molecule has 3 heterocycles. The van der Waals surface area contributed by atoms with Gasteiger partial charge in [-0.3, -0.25) is 4.90 Å². The number of alkyl halides is 1. The van der Waals surface area contributed by atoms with Crippen LogP contribution in [0.25, 0.3) is 0 Å². The van der Waals surface area contributed by atoms with Crippen LogP contribution < -0.4 is 0 Å². The monoisotopic (exact) mass is 293 g/mol. The molecular weight excluding hydrogens is 277 g/mol. The maximum atomic E-state index is 15.0. The molecule has 2 aliphatic rings. The molecule has 2 aromatic heterocycles. The first-order valence-corrected chi connectivity index (χ1v) is 7.17. The van der Waals surface area contributed by atoms with Crippen molar-refractivity contribution in [3.05, 3.63) is 23.4 Å². The van der Waals surface area contributed by atoms with Crippen LogP contribution in [0.2, 0.25) is 0 Å². The minimum absolute atomic E-state index is 0.108. The summed E-state index contributed by atoms with van der Waals surface area (Å²) in [6.07, 6.45) is 2.49. The van der Waals surface area contributed by atoms with Crippen LogP contribution in [0.15, 0.2) is 9.05 Å². The highest BCUT2D eigenvalue weighted by Gasteiger charge is 2.45. The number of nitrogens with zero attached hydrogens (tertiary/aromatic N) is 5. The van der Waals surface area contributed by atoms with Crippen LogP contribution >= 0.6 is 0 Å². The van der Waals surface area contributed by atoms with Crippen molar-refractivity contribution < 1.29 is 13.4 Å². The molecule has 2 fully saturated rings. The van der Waals surface area contributed by atoms with Crippen molar-refractivity contribution in [3.8, 4) is 0 Å². The quantitative estimate of drug-likeness (QED) is 0.848. The second-order valence-corrected chi connectivity index (χ2v) is 5.89. The average Bonchev–Trinajstić information content (AvgIpc) is 2.86. The zero-order valence-electron chi connectivity index (χ0n) is 11.8. The van der Waals surface area contributed by atoms with E-state index in [4.69, 9.17) is 9.05 Å². The Labute approximate surface area is 120 Å². The molecule has 21 heavy (non-hydrogen) atoms. The van der Waals surface area contributed by atoms with Crippen LogP contribution in [-0.4, -0.2) is 38.3 Å². The number of hydrogen-bond acceptors (Lipinski definition) is 7. The summed E-state index contributed by atoms with van der Waals surface area (Å²) in [5, 5.41) is 7.73. The van der Waals surface area contributed by atoms with Crippen molar-refractivity contribution in [1.82, 2.24) is 25.2 Å². The topological polar surface area (TPSA) is 81.1 Å². The third kappa shape index (κ3) is 2.44. The Kier molecular flexibility index (Phi) is 2.81. The molecule has 112 valence electrons. The van der Waals surface area contributed by atoms with E-state index in [0.717, 1.165) is 12.8 Å². The Balaban J connectivity index is 1.45. The molecule has 0 radical (unpaired) electrons. The Bertz CT molecular complexity index is 653. The van der Waals surface area contributed by atoms with Crippen LogP contribution in [0.3, 0.4) is 0 Å². The van der Waals surface area contributed by atoms with Gasteiger partial charge in [0.1, 0.15) is 0 Å². The molecule has 1 atom stereocenters. The van der Waals surface area contributed by atoms with E-state index in [9.17, 15) is 4.39 Å². The number of rotatable bonds is 4. The van der Waals surface area contributed by atoms with E-state index in [1.54, 1.807) is 6.92 Å². The van der Waals surface area contributed by atoms with Crippen molar-refractivity contribution in [2.45, 2.75) is 44.3 Å². The maximum absolute atomic E-state index is 15.0. The van der Waals surface area contributed by atoms with Gasteiger partial charge in [-0.05, 0) is 12.8 Å². The summed E-state index contributed by atoms with van der Waals surface area (Å²) >= 11 is 0. The van der Waals surface area contributed by atoms with Gasteiger partial charge in [-0.25, -0.2) is 4.39 Å². The molecule has 4 rings (SSSR count). The predicted molar refractivity (Wildman–Crippen MR) is 68.0 cm³/mol. The van der Waals surface area contributed by atoms with Gasteiger partial charge in [-0.15, -0.1) is 0 Å². The van der Waals surface area contributed by atoms with Gasteiger partial charge in [0, 0.05) is 32.4 Å². The Morgan fingerprint density at radius 1 is 1.29 bits per heavy atom. The van der Waals surface area contributed by atoms with Crippen LogP contribution in [-0.2, 0) is 12.2 Å². The van der Waals surface area contributed by atoms with Crippen molar-refractivity contribution in [2.75, 3.05) is 13.1 Å². The number of halogens is 1. The molecule has 0 N–H and O–H groups in total. The first kappa shape index (κ1) is 12.9. The SMILES string of the molecule is Cc1nc(CN2CCC(F)(c3nc(C4CC4)no3)C2)no1. The van der Waals surface area contributed by atoms with Gasteiger partial charge in [-0.1, -0.05) is 10.3 Å². The maximum Gasteiger partial charge on any atom is 0.265 e. The van der Waals surface area contributed by atoms with E-state index < -0.39 is 5.67 Å². The lowest BCUT2D eigenvalue weighted by molar-refractivity contribution is 0.114. The summed E-state index contributed by atoms with van der Waals surface area (Å²) in [7, 11) is 0. The zero-order valence-corrected chi connectivity index (χ0v) is 11.8. The van der Waals surface area contributed by atoms with Gasteiger partial charge < -0.3 is 9.05 Å². The van der Waals surface area contributed by atoms with Gasteiger partial charge in [0.25, 0.3) is 5.89 Å².